The van der Waals surface area contributed by atoms with Crippen LogP contribution in [0.2, 0.25) is 0 Å². The first-order chi connectivity index (χ1) is 12.1. The Kier molecular flexibility index (Phi) is 5.07. The minimum atomic E-state index is -0.167. The van der Waals surface area contributed by atoms with Crippen LogP contribution in [-0.4, -0.2) is 48.7 Å². The summed E-state index contributed by atoms with van der Waals surface area (Å²) in [6.07, 6.45) is 1.61. The van der Waals surface area contributed by atoms with E-state index in [4.69, 9.17) is 4.74 Å². The number of aryl methyl sites for hydroxylation is 1. The van der Waals surface area contributed by atoms with Gasteiger partial charge in [0.1, 0.15) is 6.54 Å². The molecule has 6 nitrogen and oxygen atoms in total. The Morgan fingerprint density at radius 1 is 1.12 bits per heavy atom. The number of hydrogen-bond donors (Lipinski definition) is 0. The van der Waals surface area contributed by atoms with E-state index in [0.717, 1.165) is 18.8 Å². The summed E-state index contributed by atoms with van der Waals surface area (Å²) in [7, 11) is 1.46. The van der Waals surface area contributed by atoms with Crippen molar-refractivity contribution in [3.8, 4) is 5.75 Å². The highest BCUT2D eigenvalue weighted by atomic mass is 16.5. The highest BCUT2D eigenvalue weighted by Gasteiger charge is 2.21. The molecule has 132 valence electrons. The van der Waals surface area contributed by atoms with E-state index < -0.39 is 0 Å². The Bertz CT molecular complexity index is 793. The minimum absolute atomic E-state index is 0.0570. The average Bonchev–Trinajstić information content (AvgIpc) is 2.64. The van der Waals surface area contributed by atoms with Gasteiger partial charge in [-0.3, -0.25) is 9.59 Å². The molecule has 1 aliphatic heterocycles. The van der Waals surface area contributed by atoms with Gasteiger partial charge in [0.25, 0.3) is 0 Å². The lowest BCUT2D eigenvalue weighted by molar-refractivity contribution is -0.132. The Hall–Kier alpha value is -2.76. The van der Waals surface area contributed by atoms with E-state index in [2.05, 4.69) is 17.0 Å². The van der Waals surface area contributed by atoms with Gasteiger partial charge in [-0.15, -0.1) is 0 Å². The third-order valence-electron chi connectivity index (χ3n) is 4.59. The van der Waals surface area contributed by atoms with Crippen LogP contribution < -0.4 is 15.1 Å². The first-order valence-corrected chi connectivity index (χ1v) is 8.41. The van der Waals surface area contributed by atoms with Crippen LogP contribution in [0.15, 0.2) is 47.4 Å². The van der Waals surface area contributed by atoms with Crippen molar-refractivity contribution in [2.45, 2.75) is 13.5 Å². The lowest BCUT2D eigenvalue weighted by atomic mass is 10.2. The number of benzene rings is 1. The molecule has 0 unspecified atom stereocenters. The monoisotopic (exact) mass is 341 g/mol. The number of carbonyl (C=O) groups excluding carboxylic acids is 1. The maximum absolute atomic E-state index is 12.6. The van der Waals surface area contributed by atoms with Crippen LogP contribution in [0.4, 0.5) is 5.69 Å². The van der Waals surface area contributed by atoms with E-state index in [0.29, 0.717) is 13.1 Å². The molecule has 0 aliphatic carbocycles. The SMILES string of the molecule is COc1cn(CC(=O)N2CCN(c3ccccc3)CC2)c(C)cc1=O. The van der Waals surface area contributed by atoms with Crippen molar-refractivity contribution in [1.82, 2.24) is 9.47 Å². The molecule has 1 saturated heterocycles. The van der Waals surface area contributed by atoms with Crippen molar-refractivity contribution in [2.24, 2.45) is 0 Å². The van der Waals surface area contributed by atoms with Gasteiger partial charge in [0, 0.05) is 43.6 Å². The van der Waals surface area contributed by atoms with Crippen molar-refractivity contribution in [2.75, 3.05) is 38.2 Å². The number of methoxy groups -OCH3 is 1. The molecule has 1 aliphatic rings. The van der Waals surface area contributed by atoms with Crippen molar-refractivity contribution < 1.29 is 9.53 Å². The molecule has 0 atom stereocenters. The van der Waals surface area contributed by atoms with Gasteiger partial charge in [0.15, 0.2) is 5.75 Å². The molecular weight excluding hydrogens is 318 g/mol. The summed E-state index contributed by atoms with van der Waals surface area (Å²) in [5.74, 6) is 0.314. The first kappa shape index (κ1) is 17.1. The number of carbonyl (C=O) groups is 1. The molecule has 25 heavy (non-hydrogen) atoms. The number of hydrogen-bond acceptors (Lipinski definition) is 4. The molecular formula is C19H23N3O3. The molecule has 0 bridgehead atoms. The van der Waals surface area contributed by atoms with Gasteiger partial charge >= 0.3 is 0 Å². The Morgan fingerprint density at radius 3 is 2.44 bits per heavy atom. The van der Waals surface area contributed by atoms with Crippen molar-refractivity contribution >= 4 is 11.6 Å². The summed E-state index contributed by atoms with van der Waals surface area (Å²) >= 11 is 0. The van der Waals surface area contributed by atoms with Crippen molar-refractivity contribution in [3.63, 3.8) is 0 Å². The van der Waals surface area contributed by atoms with Gasteiger partial charge in [0.05, 0.1) is 13.3 Å². The number of aromatic nitrogens is 1. The van der Waals surface area contributed by atoms with Crippen LogP contribution >= 0.6 is 0 Å². The molecule has 0 saturated carbocycles. The van der Waals surface area contributed by atoms with Gasteiger partial charge in [-0.25, -0.2) is 0 Å². The topological polar surface area (TPSA) is 54.8 Å². The quantitative estimate of drug-likeness (QED) is 0.846. The van der Waals surface area contributed by atoms with Gasteiger partial charge < -0.3 is 19.1 Å². The second-order valence-corrected chi connectivity index (χ2v) is 6.18. The highest BCUT2D eigenvalue weighted by Crippen LogP contribution is 2.16. The van der Waals surface area contributed by atoms with Crippen LogP contribution in [0.5, 0.6) is 5.75 Å². The zero-order valence-electron chi connectivity index (χ0n) is 14.6. The summed E-state index contributed by atoms with van der Waals surface area (Å²) in [4.78, 5) is 28.5. The van der Waals surface area contributed by atoms with Crippen molar-refractivity contribution in [3.05, 3.63) is 58.5 Å². The number of pyridine rings is 1. The number of anilines is 1. The molecule has 2 aromatic rings. The van der Waals surface area contributed by atoms with Crippen LogP contribution in [0.25, 0.3) is 0 Å². The number of amides is 1. The van der Waals surface area contributed by atoms with Crippen LogP contribution in [0.3, 0.4) is 0 Å². The molecule has 2 heterocycles. The zero-order valence-corrected chi connectivity index (χ0v) is 14.6. The van der Waals surface area contributed by atoms with Gasteiger partial charge in [-0.05, 0) is 19.1 Å². The number of rotatable bonds is 4. The minimum Gasteiger partial charge on any atom is -0.491 e. The number of nitrogens with zero attached hydrogens (tertiary/aromatic N) is 3. The largest absolute Gasteiger partial charge is 0.491 e. The van der Waals surface area contributed by atoms with E-state index in [1.807, 2.05) is 30.0 Å². The fourth-order valence-corrected chi connectivity index (χ4v) is 3.07. The number of piperazine rings is 1. The molecule has 0 radical (unpaired) electrons. The second-order valence-electron chi connectivity index (χ2n) is 6.18. The van der Waals surface area contributed by atoms with E-state index in [1.54, 1.807) is 10.8 Å². The van der Waals surface area contributed by atoms with E-state index in [-0.39, 0.29) is 23.6 Å². The molecule has 6 heteroatoms. The highest BCUT2D eigenvalue weighted by molar-refractivity contribution is 5.76. The molecule has 0 spiro atoms. The molecule has 1 aromatic heterocycles. The molecule has 1 aromatic carbocycles. The van der Waals surface area contributed by atoms with Crippen LogP contribution in [0.1, 0.15) is 5.69 Å². The molecule has 1 fully saturated rings. The Morgan fingerprint density at radius 2 is 1.80 bits per heavy atom. The zero-order chi connectivity index (χ0) is 17.8. The normalized spacial score (nSPS) is 14.5. The number of para-hydroxylation sites is 1. The predicted octanol–water partition coefficient (Wildman–Crippen LogP) is 1.51. The molecule has 1 amide bonds. The summed E-state index contributed by atoms with van der Waals surface area (Å²) in [5.41, 5.74) is 1.78. The maximum Gasteiger partial charge on any atom is 0.242 e. The first-order valence-electron chi connectivity index (χ1n) is 8.41. The Balaban J connectivity index is 1.63. The Labute approximate surface area is 147 Å². The van der Waals surface area contributed by atoms with Gasteiger partial charge in [-0.1, -0.05) is 18.2 Å². The summed E-state index contributed by atoms with van der Waals surface area (Å²) in [6.45, 7) is 5.08. The van der Waals surface area contributed by atoms with Crippen LogP contribution in [0, 0.1) is 6.92 Å². The summed E-state index contributed by atoms with van der Waals surface area (Å²) in [6, 6.07) is 11.7. The summed E-state index contributed by atoms with van der Waals surface area (Å²) < 4.78 is 6.84. The number of ether oxygens (including phenoxy) is 1. The lowest BCUT2D eigenvalue weighted by Crippen LogP contribution is -2.49. The summed E-state index contributed by atoms with van der Waals surface area (Å²) in [5, 5.41) is 0. The van der Waals surface area contributed by atoms with Gasteiger partial charge in [0.2, 0.25) is 11.3 Å². The van der Waals surface area contributed by atoms with Crippen molar-refractivity contribution in [1.29, 1.82) is 0 Å². The average molecular weight is 341 g/mol. The second kappa shape index (κ2) is 7.42. The fourth-order valence-electron chi connectivity index (χ4n) is 3.07. The predicted molar refractivity (Wildman–Crippen MR) is 97.2 cm³/mol. The standard InChI is InChI=1S/C19H23N3O3/c1-15-12-17(23)18(25-2)13-22(15)14-19(24)21-10-8-20(9-11-21)16-6-4-3-5-7-16/h3-7,12-13H,8-11,14H2,1-2H3. The van der Waals surface area contributed by atoms with Crippen LogP contribution in [-0.2, 0) is 11.3 Å². The van der Waals surface area contributed by atoms with Gasteiger partial charge in [-0.2, -0.15) is 0 Å². The molecule has 3 rings (SSSR count). The fraction of sp³-hybridized carbons (Fsp3) is 0.368. The third kappa shape index (κ3) is 3.84. The van der Waals surface area contributed by atoms with E-state index >= 15 is 0 Å². The smallest absolute Gasteiger partial charge is 0.242 e. The van der Waals surface area contributed by atoms with E-state index in [9.17, 15) is 9.59 Å². The molecule has 0 N–H and O–H groups in total. The maximum atomic E-state index is 12.6. The lowest BCUT2D eigenvalue weighted by Gasteiger charge is -2.36. The van der Waals surface area contributed by atoms with E-state index in [1.165, 1.54) is 18.9 Å². The third-order valence-corrected chi connectivity index (χ3v) is 4.59.